The second-order valence-corrected chi connectivity index (χ2v) is 5.54. The maximum Gasteiger partial charge on any atom is 0.309 e. The highest BCUT2D eigenvalue weighted by molar-refractivity contribution is 7.90. The van der Waals surface area contributed by atoms with E-state index in [9.17, 15) is 13.2 Å². The largest absolute Gasteiger partial charge is 0.481 e. The normalized spacial score (nSPS) is 20.3. The Morgan fingerprint density at radius 3 is 2.53 bits per heavy atom. The first-order chi connectivity index (χ1) is 6.93. The van der Waals surface area contributed by atoms with Gasteiger partial charge in [-0.3, -0.25) is 4.79 Å². The third-order valence-corrected chi connectivity index (χ3v) is 4.61. The molecule has 1 unspecified atom stereocenters. The molecule has 84 valence electrons. The van der Waals surface area contributed by atoms with Crippen molar-refractivity contribution >= 4 is 16.0 Å². The molecule has 0 aromatic heterocycles. The van der Waals surface area contributed by atoms with Crippen LogP contribution in [0.5, 0.6) is 0 Å². The van der Waals surface area contributed by atoms with Crippen LogP contribution in [0.25, 0.3) is 0 Å². The Hall–Kier alpha value is -1.13. The van der Waals surface area contributed by atoms with Gasteiger partial charge in [-0.1, -0.05) is 6.92 Å². The monoisotopic (exact) mass is 232 g/mol. The quantitative estimate of drug-likeness (QED) is 0.713. The highest BCUT2D eigenvalue weighted by atomic mass is 32.2. The zero-order valence-corrected chi connectivity index (χ0v) is 9.07. The van der Waals surface area contributed by atoms with Gasteiger partial charge in [0.15, 0.2) is 5.25 Å². The van der Waals surface area contributed by atoms with E-state index in [-0.39, 0.29) is 19.5 Å². The number of sulfonamides is 1. The Labute approximate surface area is 88.2 Å². The molecule has 1 N–H and O–H groups in total. The Bertz CT molecular complexity index is 391. The van der Waals surface area contributed by atoms with E-state index in [0.717, 1.165) is 4.31 Å². The number of carboxylic acid groups (broad SMARTS) is 1. The topological polar surface area (TPSA) is 98.5 Å². The number of carbonyl (C=O) groups is 1. The highest BCUT2D eigenvalue weighted by Gasteiger charge is 2.42. The fraction of sp³-hybridized carbons (Fsp3) is 0.750. The molecule has 6 nitrogen and oxygen atoms in total. The molecule has 1 heterocycles. The number of nitrogens with zero attached hydrogens (tertiary/aromatic N) is 2. The predicted molar refractivity (Wildman–Crippen MR) is 51.3 cm³/mol. The molecule has 1 rings (SSSR count). The number of nitriles is 1. The first kappa shape index (κ1) is 11.9. The van der Waals surface area contributed by atoms with Crippen LogP contribution in [-0.2, 0) is 14.8 Å². The molecular weight excluding hydrogens is 220 g/mol. The standard InChI is InChI=1S/C8H12N2O4S/c1-2-7(3-9)15(13,14)10-4-6(5-10)8(11)12/h6-7H,2,4-5H2,1H3,(H,11,12). The molecule has 0 bridgehead atoms. The third-order valence-electron chi connectivity index (χ3n) is 2.43. The third kappa shape index (κ3) is 2.11. The van der Waals surface area contributed by atoms with Gasteiger partial charge >= 0.3 is 5.97 Å². The fourth-order valence-corrected chi connectivity index (χ4v) is 3.04. The van der Waals surface area contributed by atoms with Gasteiger partial charge in [-0.05, 0) is 6.42 Å². The summed E-state index contributed by atoms with van der Waals surface area (Å²) in [6, 6.07) is 1.71. The molecule has 15 heavy (non-hydrogen) atoms. The first-order valence-electron chi connectivity index (χ1n) is 4.54. The molecule has 1 saturated heterocycles. The lowest BCUT2D eigenvalue weighted by Gasteiger charge is -2.36. The molecular formula is C8H12N2O4S. The Morgan fingerprint density at radius 2 is 2.20 bits per heavy atom. The lowest BCUT2D eigenvalue weighted by Crippen LogP contribution is -2.55. The predicted octanol–water partition coefficient (Wildman–Crippen LogP) is -0.365. The van der Waals surface area contributed by atoms with E-state index >= 15 is 0 Å². The van der Waals surface area contributed by atoms with Crippen molar-refractivity contribution in [2.24, 2.45) is 5.92 Å². The molecule has 0 aliphatic carbocycles. The molecule has 0 aromatic rings. The molecule has 0 amide bonds. The Morgan fingerprint density at radius 1 is 1.67 bits per heavy atom. The summed E-state index contributed by atoms with van der Waals surface area (Å²) >= 11 is 0. The van der Waals surface area contributed by atoms with Crippen LogP contribution in [0, 0.1) is 17.2 Å². The summed E-state index contributed by atoms with van der Waals surface area (Å²) in [5, 5.41) is 16.2. The number of hydrogen-bond donors (Lipinski definition) is 1. The number of rotatable bonds is 4. The van der Waals surface area contributed by atoms with Crippen molar-refractivity contribution in [3.05, 3.63) is 0 Å². The van der Waals surface area contributed by atoms with Gasteiger partial charge in [0.1, 0.15) is 0 Å². The number of aliphatic carboxylic acids is 1. The molecule has 0 saturated carbocycles. The Kier molecular flexibility index (Phi) is 3.31. The van der Waals surface area contributed by atoms with E-state index in [0.29, 0.717) is 0 Å². The van der Waals surface area contributed by atoms with Crippen molar-refractivity contribution < 1.29 is 18.3 Å². The van der Waals surface area contributed by atoms with Crippen molar-refractivity contribution in [3.8, 4) is 6.07 Å². The van der Waals surface area contributed by atoms with Crippen molar-refractivity contribution in [1.29, 1.82) is 5.26 Å². The molecule has 7 heteroatoms. The summed E-state index contributed by atoms with van der Waals surface area (Å²) < 4.78 is 24.4. The summed E-state index contributed by atoms with van der Waals surface area (Å²) in [4.78, 5) is 10.5. The lowest BCUT2D eigenvalue weighted by molar-refractivity contribution is -0.145. The van der Waals surface area contributed by atoms with Crippen LogP contribution in [0.3, 0.4) is 0 Å². The molecule has 1 atom stereocenters. The van der Waals surface area contributed by atoms with E-state index in [1.165, 1.54) is 0 Å². The zero-order valence-electron chi connectivity index (χ0n) is 8.25. The van der Waals surface area contributed by atoms with Gasteiger partial charge in [0.2, 0.25) is 10.0 Å². The minimum atomic E-state index is -3.62. The summed E-state index contributed by atoms with van der Waals surface area (Å²) in [7, 11) is -3.62. The van der Waals surface area contributed by atoms with Crippen molar-refractivity contribution in [3.63, 3.8) is 0 Å². The van der Waals surface area contributed by atoms with Gasteiger partial charge in [0, 0.05) is 13.1 Å². The zero-order chi connectivity index (χ0) is 11.6. The van der Waals surface area contributed by atoms with E-state index in [2.05, 4.69) is 0 Å². The van der Waals surface area contributed by atoms with Crippen molar-refractivity contribution in [2.45, 2.75) is 18.6 Å². The molecule has 1 fully saturated rings. The summed E-state index contributed by atoms with van der Waals surface area (Å²) in [6.45, 7) is 1.57. The van der Waals surface area contributed by atoms with E-state index < -0.39 is 27.2 Å². The Balaban J connectivity index is 2.68. The van der Waals surface area contributed by atoms with Crippen LogP contribution < -0.4 is 0 Å². The minimum absolute atomic E-state index is 0.0180. The van der Waals surface area contributed by atoms with Gasteiger partial charge in [-0.15, -0.1) is 0 Å². The smallest absolute Gasteiger partial charge is 0.309 e. The van der Waals surface area contributed by atoms with Crippen molar-refractivity contribution in [1.82, 2.24) is 4.31 Å². The SMILES string of the molecule is CCC(C#N)S(=O)(=O)N1CC(C(=O)O)C1. The number of hydrogen-bond acceptors (Lipinski definition) is 4. The molecule has 0 radical (unpaired) electrons. The second kappa shape index (κ2) is 4.16. The maximum absolute atomic E-state index is 11.7. The number of carboxylic acids is 1. The fourth-order valence-electron chi connectivity index (χ4n) is 1.35. The average molecular weight is 232 g/mol. The van der Waals surface area contributed by atoms with E-state index in [1.54, 1.807) is 13.0 Å². The van der Waals surface area contributed by atoms with E-state index in [4.69, 9.17) is 10.4 Å². The first-order valence-corrected chi connectivity index (χ1v) is 6.05. The van der Waals surface area contributed by atoms with Crippen LogP contribution in [0.2, 0.25) is 0 Å². The molecule has 0 spiro atoms. The molecule has 1 aliphatic heterocycles. The van der Waals surface area contributed by atoms with Crippen LogP contribution in [-0.4, -0.2) is 42.1 Å². The van der Waals surface area contributed by atoms with Crippen LogP contribution in [0.15, 0.2) is 0 Å². The minimum Gasteiger partial charge on any atom is -0.481 e. The average Bonchev–Trinajstić information content (AvgIpc) is 2.00. The van der Waals surface area contributed by atoms with Gasteiger partial charge in [-0.2, -0.15) is 9.57 Å². The lowest BCUT2D eigenvalue weighted by atomic mass is 10.0. The van der Waals surface area contributed by atoms with Gasteiger partial charge in [0.25, 0.3) is 0 Å². The summed E-state index contributed by atoms with van der Waals surface area (Å²) in [6.07, 6.45) is 0.215. The van der Waals surface area contributed by atoms with E-state index in [1.807, 2.05) is 0 Å². The van der Waals surface area contributed by atoms with Crippen LogP contribution in [0.4, 0.5) is 0 Å². The molecule has 1 aliphatic rings. The second-order valence-electron chi connectivity index (χ2n) is 3.42. The van der Waals surface area contributed by atoms with Crippen LogP contribution in [0.1, 0.15) is 13.3 Å². The molecule has 0 aromatic carbocycles. The summed E-state index contributed by atoms with van der Waals surface area (Å²) in [5.41, 5.74) is 0. The van der Waals surface area contributed by atoms with Crippen molar-refractivity contribution in [2.75, 3.05) is 13.1 Å². The highest BCUT2D eigenvalue weighted by Crippen LogP contribution is 2.23. The van der Waals surface area contributed by atoms with Crippen LogP contribution >= 0.6 is 0 Å². The summed E-state index contributed by atoms with van der Waals surface area (Å²) in [5.74, 6) is -1.62. The van der Waals surface area contributed by atoms with Gasteiger partial charge < -0.3 is 5.11 Å². The maximum atomic E-state index is 11.7. The van der Waals surface area contributed by atoms with Gasteiger partial charge in [0.05, 0.1) is 12.0 Å². The van der Waals surface area contributed by atoms with Gasteiger partial charge in [-0.25, -0.2) is 8.42 Å².